The van der Waals surface area contributed by atoms with Gasteiger partial charge in [-0.15, -0.1) is 0 Å². The summed E-state index contributed by atoms with van der Waals surface area (Å²) in [7, 11) is 0. The highest BCUT2D eigenvalue weighted by atomic mass is 16.2. The van der Waals surface area contributed by atoms with Crippen LogP contribution in [0.1, 0.15) is 31.1 Å². The van der Waals surface area contributed by atoms with E-state index in [4.69, 9.17) is 0 Å². The zero-order chi connectivity index (χ0) is 16.8. The average Bonchev–Trinajstić information content (AvgIpc) is 2.48. The first kappa shape index (κ1) is 16.5. The zero-order valence-electron chi connectivity index (χ0n) is 13.5. The van der Waals surface area contributed by atoms with E-state index in [9.17, 15) is 9.59 Å². The number of carbonyl (C=O) groups excluding carboxylic acids is 2. The molecule has 120 valence electrons. The van der Waals surface area contributed by atoms with Gasteiger partial charge in [-0.2, -0.15) is 0 Å². The Morgan fingerprint density at radius 2 is 1.57 bits per heavy atom. The van der Waals surface area contributed by atoms with E-state index < -0.39 is 0 Å². The Morgan fingerprint density at radius 3 is 2.17 bits per heavy atom. The summed E-state index contributed by atoms with van der Waals surface area (Å²) in [6.45, 7) is 5.35. The van der Waals surface area contributed by atoms with Crippen LogP contribution in [0.2, 0.25) is 0 Å². The monoisotopic (exact) mass is 311 g/mol. The van der Waals surface area contributed by atoms with Crippen molar-refractivity contribution in [1.29, 1.82) is 0 Å². The highest BCUT2D eigenvalue weighted by Crippen LogP contribution is 2.20. The smallest absolute Gasteiger partial charge is 0.319 e. The van der Waals surface area contributed by atoms with E-state index in [1.807, 2.05) is 56.3 Å². The van der Waals surface area contributed by atoms with Gasteiger partial charge < -0.3 is 16.0 Å². The Morgan fingerprint density at radius 1 is 0.913 bits per heavy atom. The van der Waals surface area contributed by atoms with Gasteiger partial charge in [-0.3, -0.25) is 4.79 Å². The van der Waals surface area contributed by atoms with Crippen LogP contribution in [0.4, 0.5) is 21.9 Å². The maximum atomic E-state index is 11.6. The first-order chi connectivity index (χ1) is 10.9. The van der Waals surface area contributed by atoms with E-state index in [0.29, 0.717) is 11.3 Å². The molecule has 0 bridgehead atoms. The molecule has 0 atom stereocenters. The van der Waals surface area contributed by atoms with E-state index in [0.717, 1.165) is 11.4 Å². The second-order valence-electron chi connectivity index (χ2n) is 5.59. The summed E-state index contributed by atoms with van der Waals surface area (Å²) < 4.78 is 0. The van der Waals surface area contributed by atoms with Gasteiger partial charge >= 0.3 is 6.03 Å². The number of rotatable bonds is 5. The van der Waals surface area contributed by atoms with Gasteiger partial charge in [-0.25, -0.2) is 4.79 Å². The third-order valence-electron chi connectivity index (χ3n) is 3.12. The summed E-state index contributed by atoms with van der Waals surface area (Å²) in [6, 6.07) is 14.6. The predicted octanol–water partition coefficient (Wildman–Crippen LogP) is 4.16. The molecule has 0 radical (unpaired) electrons. The zero-order valence-corrected chi connectivity index (χ0v) is 13.5. The molecule has 0 fully saturated rings. The van der Waals surface area contributed by atoms with E-state index in [1.165, 1.54) is 0 Å². The van der Waals surface area contributed by atoms with Crippen molar-refractivity contribution in [1.82, 2.24) is 5.32 Å². The van der Waals surface area contributed by atoms with Crippen molar-refractivity contribution in [3.05, 3.63) is 54.1 Å². The topological polar surface area (TPSA) is 70.2 Å². The molecular weight excluding hydrogens is 290 g/mol. The molecule has 0 aliphatic carbocycles. The van der Waals surface area contributed by atoms with Gasteiger partial charge in [0.05, 0.1) is 0 Å². The van der Waals surface area contributed by atoms with Gasteiger partial charge in [0.25, 0.3) is 0 Å². The van der Waals surface area contributed by atoms with Crippen LogP contribution in [0.3, 0.4) is 0 Å². The molecule has 2 aromatic carbocycles. The second kappa shape index (κ2) is 7.45. The Labute approximate surface area is 136 Å². The molecule has 23 heavy (non-hydrogen) atoms. The van der Waals surface area contributed by atoms with Crippen molar-refractivity contribution >= 4 is 28.9 Å². The summed E-state index contributed by atoms with van der Waals surface area (Å²) in [5, 5.41) is 8.76. The van der Waals surface area contributed by atoms with E-state index >= 15 is 0 Å². The quantitative estimate of drug-likeness (QED) is 0.726. The van der Waals surface area contributed by atoms with Gasteiger partial charge in [0, 0.05) is 28.7 Å². The molecule has 0 saturated heterocycles. The van der Waals surface area contributed by atoms with Crippen molar-refractivity contribution in [2.24, 2.45) is 0 Å². The molecule has 5 heteroatoms. The molecule has 2 rings (SSSR count). The lowest BCUT2D eigenvalue weighted by molar-refractivity contribution is 0.101. The van der Waals surface area contributed by atoms with Crippen LogP contribution in [0, 0.1) is 0 Å². The largest absolute Gasteiger partial charge is 0.356 e. The summed E-state index contributed by atoms with van der Waals surface area (Å²) in [6.07, 6.45) is 0. The number of urea groups is 1. The third kappa shape index (κ3) is 5.14. The molecule has 0 aromatic heterocycles. The molecule has 0 unspecified atom stereocenters. The number of Topliss-reactive ketones (excluding diaryl/α,β-unsaturated/α-hetero) is 1. The lowest BCUT2D eigenvalue weighted by Gasteiger charge is -2.11. The molecule has 2 amide bonds. The predicted molar refractivity (Wildman–Crippen MR) is 93.5 cm³/mol. The van der Waals surface area contributed by atoms with Crippen LogP contribution < -0.4 is 16.0 Å². The van der Waals surface area contributed by atoms with Crippen molar-refractivity contribution in [3.63, 3.8) is 0 Å². The highest BCUT2D eigenvalue weighted by molar-refractivity contribution is 5.95. The van der Waals surface area contributed by atoms with Crippen LogP contribution in [0.25, 0.3) is 0 Å². The highest BCUT2D eigenvalue weighted by Gasteiger charge is 2.04. The molecule has 0 spiro atoms. The van der Waals surface area contributed by atoms with Gasteiger partial charge in [-0.1, -0.05) is 12.1 Å². The van der Waals surface area contributed by atoms with E-state index in [2.05, 4.69) is 16.0 Å². The summed E-state index contributed by atoms with van der Waals surface area (Å²) in [5.74, 6) is 0.0318. The first-order valence-corrected chi connectivity index (χ1v) is 7.49. The lowest BCUT2D eigenvalue weighted by atomic mass is 10.1. The minimum atomic E-state index is -0.227. The van der Waals surface area contributed by atoms with Crippen molar-refractivity contribution in [3.8, 4) is 0 Å². The average molecular weight is 311 g/mol. The Balaban J connectivity index is 2.01. The van der Waals surface area contributed by atoms with Gasteiger partial charge in [-0.05, 0) is 57.2 Å². The number of anilines is 3. The second-order valence-corrected chi connectivity index (χ2v) is 5.59. The normalized spacial score (nSPS) is 10.3. The minimum Gasteiger partial charge on any atom is -0.356 e. The van der Waals surface area contributed by atoms with Gasteiger partial charge in [0.2, 0.25) is 0 Å². The van der Waals surface area contributed by atoms with Crippen LogP contribution in [-0.4, -0.2) is 17.9 Å². The third-order valence-corrected chi connectivity index (χ3v) is 3.12. The Kier molecular flexibility index (Phi) is 5.36. The Hall–Kier alpha value is -2.82. The molecule has 5 nitrogen and oxygen atoms in total. The Bertz CT molecular complexity index is 694. The molecule has 0 saturated carbocycles. The summed E-state index contributed by atoms with van der Waals surface area (Å²) >= 11 is 0. The first-order valence-electron chi connectivity index (χ1n) is 7.49. The van der Waals surface area contributed by atoms with Crippen LogP contribution in [-0.2, 0) is 0 Å². The van der Waals surface area contributed by atoms with Crippen LogP contribution in [0.5, 0.6) is 0 Å². The molecule has 0 aliphatic heterocycles. The number of ketones is 1. The minimum absolute atomic E-state index is 0.0318. The molecule has 0 heterocycles. The maximum absolute atomic E-state index is 11.6. The fraction of sp³-hybridized carbons (Fsp3) is 0.222. The lowest BCUT2D eigenvalue weighted by Crippen LogP contribution is -2.34. The number of carbonyl (C=O) groups is 2. The van der Waals surface area contributed by atoms with Gasteiger partial charge in [0.1, 0.15) is 0 Å². The SMILES string of the molecule is CC(=O)c1cccc(Nc2ccc(NC(=O)NC(C)C)cc2)c1. The van der Waals surface area contributed by atoms with Crippen LogP contribution >= 0.6 is 0 Å². The standard InChI is InChI=1S/C18H21N3O2/c1-12(2)19-18(23)21-16-9-7-15(8-10-16)20-17-6-4-5-14(11-17)13(3)22/h4-12,20H,1-3H3,(H2,19,21,23). The number of benzene rings is 2. The summed E-state index contributed by atoms with van der Waals surface area (Å²) in [5.41, 5.74) is 3.10. The molecule has 0 aliphatic rings. The fourth-order valence-corrected chi connectivity index (χ4v) is 2.05. The number of hydrogen-bond donors (Lipinski definition) is 3. The van der Waals surface area contributed by atoms with Crippen molar-refractivity contribution in [2.45, 2.75) is 26.8 Å². The molecule has 3 N–H and O–H groups in total. The van der Waals surface area contributed by atoms with E-state index in [1.54, 1.807) is 13.0 Å². The van der Waals surface area contributed by atoms with Gasteiger partial charge in [0.15, 0.2) is 5.78 Å². The van der Waals surface area contributed by atoms with Crippen molar-refractivity contribution in [2.75, 3.05) is 10.6 Å². The fourth-order valence-electron chi connectivity index (χ4n) is 2.05. The number of hydrogen-bond acceptors (Lipinski definition) is 3. The number of nitrogens with one attached hydrogen (secondary N) is 3. The maximum Gasteiger partial charge on any atom is 0.319 e. The summed E-state index contributed by atoms with van der Waals surface area (Å²) in [4.78, 5) is 23.0. The van der Waals surface area contributed by atoms with Crippen molar-refractivity contribution < 1.29 is 9.59 Å². The van der Waals surface area contributed by atoms with Crippen LogP contribution in [0.15, 0.2) is 48.5 Å². The molecule has 2 aromatic rings. The van der Waals surface area contributed by atoms with E-state index in [-0.39, 0.29) is 17.9 Å². The molecular formula is C18H21N3O2. The number of amides is 2.